The molecule has 0 bridgehead atoms. The van der Waals surface area contributed by atoms with Gasteiger partial charge >= 0.3 is 0 Å². The van der Waals surface area contributed by atoms with E-state index in [0.717, 1.165) is 32.4 Å². The van der Waals surface area contributed by atoms with Gasteiger partial charge in [-0.05, 0) is 18.9 Å². The lowest BCUT2D eigenvalue weighted by Gasteiger charge is -2.20. The van der Waals surface area contributed by atoms with Crippen molar-refractivity contribution in [3.8, 4) is 0 Å². The Morgan fingerprint density at radius 3 is 2.44 bits per heavy atom. The molecule has 1 heterocycles. The van der Waals surface area contributed by atoms with Crippen molar-refractivity contribution in [2.24, 2.45) is 0 Å². The molecule has 4 nitrogen and oxygen atoms in total. The summed E-state index contributed by atoms with van der Waals surface area (Å²) in [6, 6.07) is 1.72. The molecule has 16 heavy (non-hydrogen) atoms. The van der Waals surface area contributed by atoms with Crippen LogP contribution >= 0.6 is 0 Å². The quantitative estimate of drug-likeness (QED) is 0.739. The first-order chi connectivity index (χ1) is 7.79. The minimum absolute atomic E-state index is 0.0594. The molecule has 0 saturated heterocycles. The lowest BCUT2D eigenvalue weighted by Crippen LogP contribution is -2.33. The molecule has 0 radical (unpaired) electrons. The first-order valence-corrected chi connectivity index (χ1v) is 5.85. The minimum Gasteiger partial charge on any atom is -0.336 e. The van der Waals surface area contributed by atoms with Gasteiger partial charge in [-0.25, -0.2) is 9.97 Å². The molecular weight excluding hydrogens is 202 g/mol. The number of hydrogen-bond acceptors (Lipinski definition) is 3. The van der Waals surface area contributed by atoms with Crippen LogP contribution in [0, 0.1) is 0 Å². The van der Waals surface area contributed by atoms with Crippen LogP contribution in [0.2, 0.25) is 0 Å². The lowest BCUT2D eigenvalue weighted by atomic mass is 10.3. The molecule has 0 aliphatic carbocycles. The Morgan fingerprint density at radius 1 is 1.19 bits per heavy atom. The zero-order chi connectivity index (χ0) is 11.8. The maximum Gasteiger partial charge on any atom is 0.291 e. The van der Waals surface area contributed by atoms with Gasteiger partial charge in [0.15, 0.2) is 0 Å². The van der Waals surface area contributed by atoms with E-state index in [1.807, 2.05) is 4.90 Å². The topological polar surface area (TPSA) is 46.1 Å². The first kappa shape index (κ1) is 12.6. The molecule has 4 heteroatoms. The van der Waals surface area contributed by atoms with Crippen LogP contribution in [0.15, 0.2) is 18.5 Å². The molecule has 0 fully saturated rings. The number of aromatic nitrogens is 2. The number of amides is 1. The monoisotopic (exact) mass is 221 g/mol. The molecule has 0 atom stereocenters. The zero-order valence-corrected chi connectivity index (χ0v) is 10.0. The van der Waals surface area contributed by atoms with Gasteiger partial charge in [0, 0.05) is 25.5 Å². The Morgan fingerprint density at radius 2 is 1.88 bits per heavy atom. The summed E-state index contributed by atoms with van der Waals surface area (Å²) < 4.78 is 0. The molecule has 0 saturated carbocycles. The maximum atomic E-state index is 12.0. The molecule has 0 unspecified atom stereocenters. The minimum atomic E-state index is -0.0594. The second-order valence-electron chi connectivity index (χ2n) is 3.72. The summed E-state index contributed by atoms with van der Waals surface area (Å²) in [6.07, 6.45) is 6.28. The van der Waals surface area contributed by atoms with Crippen LogP contribution in [0.4, 0.5) is 0 Å². The number of carbonyl (C=O) groups excluding carboxylic acids is 1. The smallest absolute Gasteiger partial charge is 0.291 e. The zero-order valence-electron chi connectivity index (χ0n) is 10.0. The Hall–Kier alpha value is -1.45. The summed E-state index contributed by atoms with van der Waals surface area (Å²) in [4.78, 5) is 21.8. The van der Waals surface area contributed by atoms with E-state index in [1.54, 1.807) is 18.5 Å². The summed E-state index contributed by atoms with van der Waals surface area (Å²) in [5.74, 6) is 0.239. The number of hydrogen-bond donors (Lipinski definition) is 0. The average molecular weight is 221 g/mol. The van der Waals surface area contributed by atoms with Crippen molar-refractivity contribution in [1.82, 2.24) is 14.9 Å². The van der Waals surface area contributed by atoms with Crippen LogP contribution in [0.3, 0.4) is 0 Å². The summed E-state index contributed by atoms with van der Waals surface area (Å²) in [5, 5.41) is 0. The van der Waals surface area contributed by atoms with E-state index in [2.05, 4.69) is 23.8 Å². The highest BCUT2D eigenvalue weighted by molar-refractivity contribution is 5.90. The van der Waals surface area contributed by atoms with E-state index < -0.39 is 0 Å². The van der Waals surface area contributed by atoms with E-state index in [-0.39, 0.29) is 5.91 Å². The van der Waals surface area contributed by atoms with Crippen molar-refractivity contribution in [3.63, 3.8) is 0 Å². The number of rotatable bonds is 6. The van der Waals surface area contributed by atoms with E-state index in [4.69, 9.17) is 0 Å². The van der Waals surface area contributed by atoms with Crippen molar-refractivity contribution in [3.05, 3.63) is 24.3 Å². The number of nitrogens with zero attached hydrogens (tertiary/aromatic N) is 3. The van der Waals surface area contributed by atoms with Crippen LogP contribution in [0.1, 0.15) is 43.7 Å². The molecule has 0 spiro atoms. The van der Waals surface area contributed by atoms with Crippen molar-refractivity contribution >= 4 is 5.91 Å². The third-order valence-electron chi connectivity index (χ3n) is 2.32. The fraction of sp³-hybridized carbons (Fsp3) is 0.583. The molecule has 0 aliphatic rings. The van der Waals surface area contributed by atoms with E-state index in [9.17, 15) is 4.79 Å². The van der Waals surface area contributed by atoms with Crippen molar-refractivity contribution in [1.29, 1.82) is 0 Å². The molecule has 1 amide bonds. The summed E-state index contributed by atoms with van der Waals surface area (Å²) >= 11 is 0. The van der Waals surface area contributed by atoms with Gasteiger partial charge in [-0.1, -0.05) is 20.3 Å². The van der Waals surface area contributed by atoms with Gasteiger partial charge in [-0.2, -0.15) is 0 Å². The normalized spacial score (nSPS) is 10.1. The summed E-state index contributed by atoms with van der Waals surface area (Å²) in [6.45, 7) is 5.75. The van der Waals surface area contributed by atoms with Crippen molar-refractivity contribution in [2.75, 3.05) is 13.1 Å². The van der Waals surface area contributed by atoms with Gasteiger partial charge in [-0.15, -0.1) is 0 Å². The molecule has 1 aromatic rings. The fourth-order valence-electron chi connectivity index (χ4n) is 1.48. The Labute approximate surface area is 96.7 Å². The Bertz CT molecular complexity index is 313. The SMILES string of the molecule is CCCCN(CCC)C(=O)c1ncccn1. The van der Waals surface area contributed by atoms with Gasteiger partial charge in [-0.3, -0.25) is 4.79 Å². The molecular formula is C12H19N3O. The van der Waals surface area contributed by atoms with Crippen LogP contribution in [0.5, 0.6) is 0 Å². The van der Waals surface area contributed by atoms with E-state index in [0.29, 0.717) is 5.82 Å². The second-order valence-corrected chi connectivity index (χ2v) is 3.72. The van der Waals surface area contributed by atoms with Gasteiger partial charge in [0.1, 0.15) is 0 Å². The molecule has 0 aromatic carbocycles. The third-order valence-corrected chi connectivity index (χ3v) is 2.32. The van der Waals surface area contributed by atoms with Gasteiger partial charge in [0.05, 0.1) is 0 Å². The number of carbonyl (C=O) groups is 1. The molecule has 1 aromatic heterocycles. The van der Waals surface area contributed by atoms with Gasteiger partial charge in [0.25, 0.3) is 5.91 Å². The maximum absolute atomic E-state index is 12.0. The highest BCUT2D eigenvalue weighted by atomic mass is 16.2. The second kappa shape index (κ2) is 6.93. The average Bonchev–Trinajstić information content (AvgIpc) is 2.35. The van der Waals surface area contributed by atoms with Crippen LogP contribution in [0.25, 0.3) is 0 Å². The number of unbranched alkanes of at least 4 members (excludes halogenated alkanes) is 1. The Balaban J connectivity index is 2.67. The van der Waals surface area contributed by atoms with Crippen LogP contribution in [-0.4, -0.2) is 33.9 Å². The summed E-state index contributed by atoms with van der Waals surface area (Å²) in [5.41, 5.74) is 0. The third kappa shape index (κ3) is 3.61. The molecule has 0 N–H and O–H groups in total. The largest absolute Gasteiger partial charge is 0.336 e. The van der Waals surface area contributed by atoms with Crippen molar-refractivity contribution < 1.29 is 4.79 Å². The predicted molar refractivity (Wildman–Crippen MR) is 63.1 cm³/mol. The van der Waals surface area contributed by atoms with Gasteiger partial charge < -0.3 is 4.90 Å². The van der Waals surface area contributed by atoms with Crippen LogP contribution in [-0.2, 0) is 0 Å². The Kier molecular flexibility index (Phi) is 5.46. The van der Waals surface area contributed by atoms with E-state index >= 15 is 0 Å². The lowest BCUT2D eigenvalue weighted by molar-refractivity contribution is 0.0741. The highest BCUT2D eigenvalue weighted by Crippen LogP contribution is 2.02. The highest BCUT2D eigenvalue weighted by Gasteiger charge is 2.16. The van der Waals surface area contributed by atoms with Crippen molar-refractivity contribution in [2.45, 2.75) is 33.1 Å². The van der Waals surface area contributed by atoms with E-state index in [1.165, 1.54) is 0 Å². The standard InChI is InChI=1S/C12H19N3O/c1-3-5-10-15(9-4-2)12(16)11-13-7-6-8-14-11/h6-8H,3-5,9-10H2,1-2H3. The fourth-order valence-corrected chi connectivity index (χ4v) is 1.48. The van der Waals surface area contributed by atoms with Crippen LogP contribution < -0.4 is 0 Å². The van der Waals surface area contributed by atoms with Gasteiger partial charge in [0.2, 0.25) is 5.82 Å². The molecule has 88 valence electrons. The molecule has 0 aliphatic heterocycles. The first-order valence-electron chi connectivity index (χ1n) is 5.85. The summed E-state index contributed by atoms with van der Waals surface area (Å²) in [7, 11) is 0. The predicted octanol–water partition coefficient (Wildman–Crippen LogP) is 2.13. The molecule has 1 rings (SSSR count).